The number of ether oxygens (including phenoxy) is 1. The molecule has 0 aliphatic heterocycles. The standard InChI is InChI=1S/C16H23NO4/c1-10(9-13-5-7-14(21-4)8-6-13)15(18)17-12(3)11(2)16(19)20/h5-8,10-12H,9H2,1-4H3,(H,17,18)(H,19,20). The van der Waals surface area contributed by atoms with E-state index >= 15 is 0 Å². The van der Waals surface area contributed by atoms with Crippen molar-refractivity contribution in [1.29, 1.82) is 0 Å². The van der Waals surface area contributed by atoms with Crippen LogP contribution in [-0.4, -0.2) is 30.1 Å². The maximum atomic E-state index is 12.1. The summed E-state index contributed by atoms with van der Waals surface area (Å²) in [5.41, 5.74) is 1.04. The summed E-state index contributed by atoms with van der Waals surface area (Å²) in [6.45, 7) is 5.12. The summed E-state index contributed by atoms with van der Waals surface area (Å²) < 4.78 is 5.09. The lowest BCUT2D eigenvalue weighted by molar-refractivity contribution is -0.142. The highest BCUT2D eigenvalue weighted by Gasteiger charge is 2.23. The highest BCUT2D eigenvalue weighted by atomic mass is 16.5. The van der Waals surface area contributed by atoms with Gasteiger partial charge in [0.25, 0.3) is 0 Å². The number of carbonyl (C=O) groups is 2. The average molecular weight is 293 g/mol. The molecular weight excluding hydrogens is 270 g/mol. The predicted molar refractivity (Wildman–Crippen MR) is 80.3 cm³/mol. The van der Waals surface area contributed by atoms with Crippen LogP contribution in [0.4, 0.5) is 0 Å². The van der Waals surface area contributed by atoms with Crippen molar-refractivity contribution >= 4 is 11.9 Å². The van der Waals surface area contributed by atoms with Gasteiger partial charge in [-0.25, -0.2) is 0 Å². The number of carbonyl (C=O) groups excluding carboxylic acids is 1. The van der Waals surface area contributed by atoms with Crippen molar-refractivity contribution in [2.45, 2.75) is 33.2 Å². The number of aliphatic carboxylic acids is 1. The first-order valence-electron chi connectivity index (χ1n) is 7.01. The molecule has 3 atom stereocenters. The number of nitrogens with one attached hydrogen (secondary N) is 1. The topological polar surface area (TPSA) is 75.6 Å². The van der Waals surface area contributed by atoms with Crippen LogP contribution in [0.25, 0.3) is 0 Å². The van der Waals surface area contributed by atoms with E-state index in [1.54, 1.807) is 21.0 Å². The maximum absolute atomic E-state index is 12.1. The van der Waals surface area contributed by atoms with Crippen molar-refractivity contribution in [2.24, 2.45) is 11.8 Å². The average Bonchev–Trinajstić information content (AvgIpc) is 2.46. The summed E-state index contributed by atoms with van der Waals surface area (Å²) in [6.07, 6.45) is 0.601. The fourth-order valence-electron chi connectivity index (χ4n) is 1.91. The summed E-state index contributed by atoms with van der Waals surface area (Å²) in [5.74, 6) is -1.10. The minimum Gasteiger partial charge on any atom is -0.497 e. The highest BCUT2D eigenvalue weighted by Crippen LogP contribution is 2.15. The predicted octanol–water partition coefficient (Wildman–Crippen LogP) is 2.10. The number of benzene rings is 1. The van der Waals surface area contributed by atoms with E-state index in [0.29, 0.717) is 6.42 Å². The van der Waals surface area contributed by atoms with Gasteiger partial charge in [0, 0.05) is 12.0 Å². The molecule has 1 amide bonds. The fraction of sp³-hybridized carbons (Fsp3) is 0.500. The number of hydrogen-bond acceptors (Lipinski definition) is 3. The van der Waals surface area contributed by atoms with E-state index in [-0.39, 0.29) is 11.8 Å². The van der Waals surface area contributed by atoms with Crippen LogP contribution in [0.2, 0.25) is 0 Å². The van der Waals surface area contributed by atoms with Crippen molar-refractivity contribution in [3.63, 3.8) is 0 Å². The Balaban J connectivity index is 2.55. The second-order valence-electron chi connectivity index (χ2n) is 5.38. The fourth-order valence-corrected chi connectivity index (χ4v) is 1.91. The monoisotopic (exact) mass is 293 g/mol. The zero-order valence-electron chi connectivity index (χ0n) is 12.9. The number of methoxy groups -OCH3 is 1. The molecule has 0 aliphatic carbocycles. The molecule has 0 heterocycles. The van der Waals surface area contributed by atoms with Crippen molar-refractivity contribution in [3.05, 3.63) is 29.8 Å². The third-order valence-electron chi connectivity index (χ3n) is 3.66. The first-order valence-corrected chi connectivity index (χ1v) is 7.01. The SMILES string of the molecule is COc1ccc(CC(C)C(=O)NC(C)C(C)C(=O)O)cc1. The first kappa shape index (κ1) is 17.0. The minimum absolute atomic E-state index is 0.133. The van der Waals surface area contributed by atoms with Crippen LogP contribution in [0.3, 0.4) is 0 Å². The van der Waals surface area contributed by atoms with E-state index in [4.69, 9.17) is 9.84 Å². The van der Waals surface area contributed by atoms with Gasteiger partial charge in [0.1, 0.15) is 5.75 Å². The summed E-state index contributed by atoms with van der Waals surface area (Å²) in [4.78, 5) is 23.0. The lowest BCUT2D eigenvalue weighted by atomic mass is 9.98. The zero-order chi connectivity index (χ0) is 16.0. The van der Waals surface area contributed by atoms with Crippen LogP contribution >= 0.6 is 0 Å². The van der Waals surface area contributed by atoms with E-state index in [1.165, 1.54) is 0 Å². The summed E-state index contributed by atoms with van der Waals surface area (Å²) >= 11 is 0. The van der Waals surface area contributed by atoms with E-state index in [0.717, 1.165) is 11.3 Å². The Morgan fingerprint density at radius 2 is 1.76 bits per heavy atom. The maximum Gasteiger partial charge on any atom is 0.308 e. The number of rotatable bonds is 7. The molecule has 0 spiro atoms. The molecule has 0 fully saturated rings. The number of carboxylic acids is 1. The Morgan fingerprint density at radius 1 is 1.19 bits per heavy atom. The summed E-state index contributed by atoms with van der Waals surface area (Å²) in [7, 11) is 1.61. The van der Waals surface area contributed by atoms with Gasteiger partial charge in [0.15, 0.2) is 0 Å². The summed E-state index contributed by atoms with van der Waals surface area (Å²) in [5, 5.41) is 11.7. The van der Waals surface area contributed by atoms with Crippen LogP contribution < -0.4 is 10.1 Å². The van der Waals surface area contributed by atoms with E-state index < -0.39 is 17.9 Å². The molecule has 2 N–H and O–H groups in total. The third kappa shape index (κ3) is 5.10. The summed E-state index contributed by atoms with van der Waals surface area (Å²) in [6, 6.07) is 7.16. The van der Waals surface area contributed by atoms with Crippen LogP contribution in [0, 0.1) is 11.8 Å². The lowest BCUT2D eigenvalue weighted by Gasteiger charge is -2.20. The van der Waals surface area contributed by atoms with Crippen molar-refractivity contribution in [2.75, 3.05) is 7.11 Å². The molecule has 5 nitrogen and oxygen atoms in total. The Labute approximate surface area is 125 Å². The quantitative estimate of drug-likeness (QED) is 0.807. The largest absolute Gasteiger partial charge is 0.497 e. The molecule has 0 aliphatic rings. The molecule has 0 saturated carbocycles. The first-order chi connectivity index (χ1) is 9.85. The molecule has 0 saturated heterocycles. The van der Waals surface area contributed by atoms with Gasteiger partial charge in [-0.15, -0.1) is 0 Å². The van der Waals surface area contributed by atoms with E-state index in [9.17, 15) is 9.59 Å². The molecule has 1 aromatic rings. The smallest absolute Gasteiger partial charge is 0.308 e. The molecule has 116 valence electrons. The molecule has 5 heteroatoms. The second-order valence-corrected chi connectivity index (χ2v) is 5.38. The van der Waals surface area contributed by atoms with Gasteiger partial charge in [0.2, 0.25) is 5.91 Å². The molecule has 21 heavy (non-hydrogen) atoms. The van der Waals surface area contributed by atoms with Crippen molar-refractivity contribution < 1.29 is 19.4 Å². The second kappa shape index (κ2) is 7.67. The molecular formula is C16H23NO4. The van der Waals surface area contributed by atoms with Crippen LogP contribution in [0.1, 0.15) is 26.3 Å². The Bertz CT molecular complexity index is 484. The number of hydrogen-bond donors (Lipinski definition) is 2. The number of amides is 1. The van der Waals surface area contributed by atoms with Gasteiger partial charge in [-0.2, -0.15) is 0 Å². The zero-order valence-corrected chi connectivity index (χ0v) is 12.9. The van der Waals surface area contributed by atoms with E-state index in [2.05, 4.69) is 5.32 Å². The Morgan fingerprint density at radius 3 is 2.24 bits per heavy atom. The Hall–Kier alpha value is -2.04. The Kier molecular flexibility index (Phi) is 6.21. The highest BCUT2D eigenvalue weighted by molar-refractivity contribution is 5.80. The van der Waals surface area contributed by atoms with Crippen LogP contribution in [0.5, 0.6) is 5.75 Å². The minimum atomic E-state index is -0.911. The lowest BCUT2D eigenvalue weighted by Crippen LogP contribution is -2.42. The van der Waals surface area contributed by atoms with Crippen molar-refractivity contribution in [1.82, 2.24) is 5.32 Å². The number of carboxylic acid groups (broad SMARTS) is 1. The normalized spacial score (nSPS) is 14.9. The van der Waals surface area contributed by atoms with Gasteiger partial charge in [-0.1, -0.05) is 19.1 Å². The molecule has 0 radical (unpaired) electrons. The molecule has 1 aromatic carbocycles. The van der Waals surface area contributed by atoms with Crippen LogP contribution in [-0.2, 0) is 16.0 Å². The van der Waals surface area contributed by atoms with Gasteiger partial charge in [-0.3, -0.25) is 9.59 Å². The molecule has 3 unspecified atom stereocenters. The van der Waals surface area contributed by atoms with Gasteiger partial charge < -0.3 is 15.2 Å². The van der Waals surface area contributed by atoms with Crippen molar-refractivity contribution in [3.8, 4) is 5.75 Å². The van der Waals surface area contributed by atoms with Gasteiger partial charge in [0.05, 0.1) is 13.0 Å². The molecule has 0 bridgehead atoms. The van der Waals surface area contributed by atoms with Gasteiger partial charge >= 0.3 is 5.97 Å². The van der Waals surface area contributed by atoms with Gasteiger partial charge in [-0.05, 0) is 38.0 Å². The molecule has 0 aromatic heterocycles. The third-order valence-corrected chi connectivity index (χ3v) is 3.66. The van der Waals surface area contributed by atoms with Crippen LogP contribution in [0.15, 0.2) is 24.3 Å². The van der Waals surface area contributed by atoms with E-state index in [1.807, 2.05) is 31.2 Å². The molecule has 1 rings (SSSR count).